The standard InChI is InChI=1S/C12H21N3O2/c1-10-13-12(17-14-10)9-15(7-8-16)11-5-3-2-4-6-11/h11,16H,2-9H2,1H3. The first kappa shape index (κ1) is 12.5. The second-order valence-corrected chi connectivity index (χ2v) is 4.72. The lowest BCUT2D eigenvalue weighted by Crippen LogP contribution is -2.38. The Morgan fingerprint density at radius 1 is 1.35 bits per heavy atom. The molecule has 5 nitrogen and oxygen atoms in total. The van der Waals surface area contributed by atoms with E-state index in [1.54, 1.807) is 0 Å². The molecular weight excluding hydrogens is 218 g/mol. The number of hydrogen-bond donors (Lipinski definition) is 1. The molecule has 0 radical (unpaired) electrons. The predicted octanol–water partition coefficient (Wildman–Crippen LogP) is 1.51. The van der Waals surface area contributed by atoms with Gasteiger partial charge in [0.1, 0.15) is 0 Å². The van der Waals surface area contributed by atoms with Crippen molar-refractivity contribution >= 4 is 0 Å². The molecule has 2 rings (SSSR count). The van der Waals surface area contributed by atoms with Crippen LogP contribution in [0.2, 0.25) is 0 Å². The SMILES string of the molecule is Cc1noc(CN(CCO)C2CCCCC2)n1. The third-order valence-corrected chi connectivity index (χ3v) is 3.39. The molecule has 0 atom stereocenters. The van der Waals surface area contributed by atoms with Crippen LogP contribution in [-0.2, 0) is 6.54 Å². The highest BCUT2D eigenvalue weighted by atomic mass is 16.5. The topological polar surface area (TPSA) is 62.4 Å². The average molecular weight is 239 g/mol. The van der Waals surface area contributed by atoms with Crippen molar-refractivity contribution < 1.29 is 9.63 Å². The lowest BCUT2D eigenvalue weighted by Gasteiger charge is -2.32. The molecule has 0 spiro atoms. The molecule has 17 heavy (non-hydrogen) atoms. The van der Waals surface area contributed by atoms with E-state index in [9.17, 15) is 0 Å². The summed E-state index contributed by atoms with van der Waals surface area (Å²) in [6.07, 6.45) is 6.34. The van der Waals surface area contributed by atoms with Crippen molar-refractivity contribution in [3.63, 3.8) is 0 Å². The molecule has 96 valence electrons. The zero-order valence-corrected chi connectivity index (χ0v) is 10.4. The van der Waals surface area contributed by atoms with Crippen LogP contribution in [0.25, 0.3) is 0 Å². The zero-order valence-electron chi connectivity index (χ0n) is 10.4. The van der Waals surface area contributed by atoms with Crippen LogP contribution in [0.3, 0.4) is 0 Å². The number of aromatic nitrogens is 2. The number of nitrogens with zero attached hydrogens (tertiary/aromatic N) is 3. The van der Waals surface area contributed by atoms with Crippen LogP contribution in [0, 0.1) is 6.92 Å². The van der Waals surface area contributed by atoms with Gasteiger partial charge >= 0.3 is 0 Å². The molecule has 0 aromatic carbocycles. The van der Waals surface area contributed by atoms with Gasteiger partial charge in [-0.15, -0.1) is 0 Å². The molecule has 0 aliphatic heterocycles. The van der Waals surface area contributed by atoms with E-state index in [0.29, 0.717) is 30.8 Å². The minimum Gasteiger partial charge on any atom is -0.395 e. The average Bonchev–Trinajstić information content (AvgIpc) is 2.75. The van der Waals surface area contributed by atoms with E-state index < -0.39 is 0 Å². The lowest BCUT2D eigenvalue weighted by molar-refractivity contribution is 0.105. The van der Waals surface area contributed by atoms with Crippen LogP contribution in [-0.4, -0.2) is 39.3 Å². The van der Waals surface area contributed by atoms with Gasteiger partial charge in [-0.25, -0.2) is 0 Å². The molecule has 1 aromatic rings. The van der Waals surface area contributed by atoms with Crippen molar-refractivity contribution in [1.82, 2.24) is 15.0 Å². The van der Waals surface area contributed by atoms with Crippen molar-refractivity contribution in [2.45, 2.75) is 51.6 Å². The minimum absolute atomic E-state index is 0.184. The van der Waals surface area contributed by atoms with Gasteiger partial charge in [0.2, 0.25) is 5.89 Å². The van der Waals surface area contributed by atoms with Crippen molar-refractivity contribution in [2.75, 3.05) is 13.2 Å². The maximum absolute atomic E-state index is 9.14. The quantitative estimate of drug-likeness (QED) is 0.843. The lowest BCUT2D eigenvalue weighted by atomic mass is 9.94. The van der Waals surface area contributed by atoms with Gasteiger partial charge in [0, 0.05) is 12.6 Å². The highest BCUT2D eigenvalue weighted by Gasteiger charge is 2.22. The van der Waals surface area contributed by atoms with Crippen LogP contribution >= 0.6 is 0 Å². The predicted molar refractivity (Wildman–Crippen MR) is 63.4 cm³/mol. The van der Waals surface area contributed by atoms with Crippen molar-refractivity contribution in [1.29, 1.82) is 0 Å². The summed E-state index contributed by atoms with van der Waals surface area (Å²) in [5.74, 6) is 1.33. The molecule has 1 heterocycles. The van der Waals surface area contributed by atoms with Crippen LogP contribution in [0.15, 0.2) is 4.52 Å². The summed E-state index contributed by atoms with van der Waals surface area (Å²) in [7, 11) is 0. The second-order valence-electron chi connectivity index (χ2n) is 4.72. The largest absolute Gasteiger partial charge is 0.395 e. The van der Waals surface area contributed by atoms with Gasteiger partial charge in [-0.2, -0.15) is 4.98 Å². The molecule has 1 aliphatic carbocycles. The second kappa shape index (κ2) is 6.12. The van der Waals surface area contributed by atoms with Gasteiger partial charge < -0.3 is 9.63 Å². The fourth-order valence-electron chi connectivity index (χ4n) is 2.54. The summed E-state index contributed by atoms with van der Waals surface area (Å²) < 4.78 is 5.15. The zero-order chi connectivity index (χ0) is 12.1. The highest BCUT2D eigenvalue weighted by Crippen LogP contribution is 2.23. The van der Waals surface area contributed by atoms with E-state index in [2.05, 4.69) is 15.0 Å². The van der Waals surface area contributed by atoms with E-state index in [1.165, 1.54) is 32.1 Å². The van der Waals surface area contributed by atoms with E-state index >= 15 is 0 Å². The molecule has 1 aromatic heterocycles. The Labute approximate surface area is 102 Å². The summed E-state index contributed by atoms with van der Waals surface area (Å²) >= 11 is 0. The van der Waals surface area contributed by atoms with Gasteiger partial charge in [0.15, 0.2) is 5.82 Å². The molecular formula is C12H21N3O2. The Balaban J connectivity index is 1.95. The van der Waals surface area contributed by atoms with Crippen molar-refractivity contribution in [3.8, 4) is 0 Å². The molecule has 0 amide bonds. The molecule has 1 fully saturated rings. The number of rotatable bonds is 5. The van der Waals surface area contributed by atoms with Crippen LogP contribution in [0.4, 0.5) is 0 Å². The van der Waals surface area contributed by atoms with Crippen molar-refractivity contribution in [3.05, 3.63) is 11.7 Å². The van der Waals surface area contributed by atoms with Gasteiger partial charge in [-0.1, -0.05) is 24.4 Å². The van der Waals surface area contributed by atoms with Gasteiger partial charge in [0.25, 0.3) is 0 Å². The normalized spacial score (nSPS) is 17.8. The summed E-state index contributed by atoms with van der Waals surface area (Å²) in [6, 6.07) is 0.558. The van der Waals surface area contributed by atoms with Crippen LogP contribution in [0.5, 0.6) is 0 Å². The smallest absolute Gasteiger partial charge is 0.240 e. The molecule has 1 saturated carbocycles. The Morgan fingerprint density at radius 2 is 2.12 bits per heavy atom. The summed E-state index contributed by atoms with van der Waals surface area (Å²) in [5, 5.41) is 12.9. The fourth-order valence-corrected chi connectivity index (χ4v) is 2.54. The molecule has 0 saturated heterocycles. The first-order valence-corrected chi connectivity index (χ1v) is 6.43. The Hall–Kier alpha value is -0.940. The maximum Gasteiger partial charge on any atom is 0.240 e. The molecule has 1 aliphatic rings. The maximum atomic E-state index is 9.14. The highest BCUT2D eigenvalue weighted by molar-refractivity contribution is 4.85. The first-order valence-electron chi connectivity index (χ1n) is 6.43. The number of hydrogen-bond acceptors (Lipinski definition) is 5. The first-order chi connectivity index (χ1) is 8.29. The summed E-state index contributed by atoms with van der Waals surface area (Å²) in [4.78, 5) is 6.50. The molecule has 1 N–H and O–H groups in total. The van der Waals surface area contributed by atoms with E-state index in [-0.39, 0.29) is 6.61 Å². The van der Waals surface area contributed by atoms with Gasteiger partial charge in [-0.3, -0.25) is 4.90 Å². The van der Waals surface area contributed by atoms with E-state index in [0.717, 1.165) is 0 Å². The Bertz CT molecular complexity index is 334. The molecule has 0 bridgehead atoms. The third-order valence-electron chi connectivity index (χ3n) is 3.39. The number of aliphatic hydroxyl groups is 1. The monoisotopic (exact) mass is 239 g/mol. The Kier molecular flexibility index (Phi) is 4.50. The number of aliphatic hydroxyl groups excluding tert-OH is 1. The summed E-state index contributed by atoms with van der Waals surface area (Å²) in [6.45, 7) is 3.35. The Morgan fingerprint density at radius 3 is 2.71 bits per heavy atom. The molecule has 0 unspecified atom stereocenters. The van der Waals surface area contributed by atoms with Gasteiger partial charge in [0.05, 0.1) is 13.2 Å². The van der Waals surface area contributed by atoms with Gasteiger partial charge in [-0.05, 0) is 19.8 Å². The van der Waals surface area contributed by atoms with Crippen molar-refractivity contribution in [2.24, 2.45) is 0 Å². The van der Waals surface area contributed by atoms with Crippen LogP contribution < -0.4 is 0 Å². The fraction of sp³-hybridized carbons (Fsp3) is 0.833. The number of aryl methyl sites for hydroxylation is 1. The minimum atomic E-state index is 0.184. The molecule has 5 heteroatoms. The third kappa shape index (κ3) is 3.51. The van der Waals surface area contributed by atoms with E-state index in [4.69, 9.17) is 9.63 Å². The van der Waals surface area contributed by atoms with Crippen LogP contribution in [0.1, 0.15) is 43.8 Å². The van der Waals surface area contributed by atoms with E-state index in [1.807, 2.05) is 6.92 Å². The summed E-state index contributed by atoms with van der Waals surface area (Å²) in [5.41, 5.74) is 0.